The number of rotatable bonds is 2. The summed E-state index contributed by atoms with van der Waals surface area (Å²) in [4.78, 5) is 2.48. The van der Waals surface area contributed by atoms with Gasteiger partial charge in [0.05, 0.1) is 11.2 Å². The van der Waals surface area contributed by atoms with Crippen LogP contribution in [0.2, 0.25) is 0 Å². The summed E-state index contributed by atoms with van der Waals surface area (Å²) in [7, 11) is 2.02. The van der Waals surface area contributed by atoms with Gasteiger partial charge in [-0.25, -0.2) is 0 Å². The zero-order chi connectivity index (χ0) is 12.5. The van der Waals surface area contributed by atoms with Crippen molar-refractivity contribution in [1.29, 1.82) is 0 Å². The SMILES string of the molecule is CC1CN(Cc2nn(C)c3ccccc23)CCN1. The van der Waals surface area contributed by atoms with Crippen LogP contribution in [0.4, 0.5) is 0 Å². The summed E-state index contributed by atoms with van der Waals surface area (Å²) in [5.74, 6) is 0. The molecule has 0 saturated carbocycles. The van der Waals surface area contributed by atoms with E-state index in [0.29, 0.717) is 6.04 Å². The van der Waals surface area contributed by atoms with Gasteiger partial charge in [-0.2, -0.15) is 5.10 Å². The van der Waals surface area contributed by atoms with Crippen LogP contribution in [0.3, 0.4) is 0 Å². The summed E-state index contributed by atoms with van der Waals surface area (Å²) in [6.45, 7) is 6.47. The van der Waals surface area contributed by atoms with Crippen LogP contribution in [-0.4, -0.2) is 40.4 Å². The van der Waals surface area contributed by atoms with Crippen molar-refractivity contribution in [2.24, 2.45) is 7.05 Å². The minimum Gasteiger partial charge on any atom is -0.312 e. The van der Waals surface area contributed by atoms with E-state index in [9.17, 15) is 0 Å². The first-order valence-corrected chi connectivity index (χ1v) is 6.60. The van der Waals surface area contributed by atoms with Crippen molar-refractivity contribution >= 4 is 10.9 Å². The molecule has 1 N–H and O–H groups in total. The van der Waals surface area contributed by atoms with Gasteiger partial charge in [0.25, 0.3) is 0 Å². The summed E-state index contributed by atoms with van der Waals surface area (Å²) >= 11 is 0. The first kappa shape index (κ1) is 11.7. The summed E-state index contributed by atoms with van der Waals surface area (Å²) in [6, 6.07) is 9.04. The van der Waals surface area contributed by atoms with Crippen LogP contribution in [0.15, 0.2) is 24.3 Å². The van der Waals surface area contributed by atoms with Gasteiger partial charge in [0.1, 0.15) is 0 Å². The molecule has 2 heterocycles. The van der Waals surface area contributed by atoms with E-state index < -0.39 is 0 Å². The minimum atomic E-state index is 0.578. The topological polar surface area (TPSA) is 33.1 Å². The molecule has 1 atom stereocenters. The molecule has 3 rings (SSSR count). The molecule has 0 spiro atoms. The number of piperazine rings is 1. The lowest BCUT2D eigenvalue weighted by Gasteiger charge is -2.31. The third-order valence-electron chi connectivity index (χ3n) is 3.66. The Hall–Kier alpha value is -1.39. The van der Waals surface area contributed by atoms with Gasteiger partial charge in [-0.1, -0.05) is 18.2 Å². The highest BCUT2D eigenvalue weighted by Gasteiger charge is 2.18. The molecule has 0 amide bonds. The zero-order valence-corrected chi connectivity index (χ0v) is 11.1. The van der Waals surface area contributed by atoms with E-state index in [0.717, 1.165) is 26.2 Å². The van der Waals surface area contributed by atoms with E-state index in [1.807, 2.05) is 11.7 Å². The number of hydrogen-bond acceptors (Lipinski definition) is 3. The van der Waals surface area contributed by atoms with Crippen LogP contribution in [0, 0.1) is 0 Å². The lowest BCUT2D eigenvalue weighted by Crippen LogP contribution is -2.48. The van der Waals surface area contributed by atoms with Crippen molar-refractivity contribution in [3.8, 4) is 0 Å². The van der Waals surface area contributed by atoms with Gasteiger partial charge in [0.2, 0.25) is 0 Å². The maximum Gasteiger partial charge on any atom is 0.0843 e. The van der Waals surface area contributed by atoms with Crippen LogP contribution < -0.4 is 5.32 Å². The monoisotopic (exact) mass is 244 g/mol. The molecule has 4 heteroatoms. The predicted octanol–water partition coefficient (Wildman–Crippen LogP) is 1.37. The molecule has 0 radical (unpaired) electrons. The highest BCUT2D eigenvalue weighted by molar-refractivity contribution is 5.81. The fourth-order valence-corrected chi connectivity index (χ4v) is 2.77. The first-order valence-electron chi connectivity index (χ1n) is 6.60. The number of benzene rings is 1. The van der Waals surface area contributed by atoms with Gasteiger partial charge in [0, 0.05) is 44.7 Å². The van der Waals surface area contributed by atoms with Gasteiger partial charge >= 0.3 is 0 Å². The molecule has 2 aromatic rings. The number of hydrogen-bond donors (Lipinski definition) is 1. The van der Waals surface area contributed by atoms with E-state index in [4.69, 9.17) is 0 Å². The largest absolute Gasteiger partial charge is 0.312 e. The van der Waals surface area contributed by atoms with Crippen molar-refractivity contribution < 1.29 is 0 Å². The standard InChI is InChI=1S/C14H20N4/c1-11-9-18(8-7-15-11)10-13-12-5-3-4-6-14(12)17(2)16-13/h3-6,11,15H,7-10H2,1-2H3. The minimum absolute atomic E-state index is 0.578. The van der Waals surface area contributed by atoms with Crippen molar-refractivity contribution in [3.63, 3.8) is 0 Å². The van der Waals surface area contributed by atoms with Crippen LogP contribution in [0.25, 0.3) is 10.9 Å². The molecule has 1 fully saturated rings. The number of aryl methyl sites for hydroxylation is 1. The van der Waals surface area contributed by atoms with E-state index in [2.05, 4.69) is 46.5 Å². The average molecular weight is 244 g/mol. The maximum absolute atomic E-state index is 4.66. The molecule has 1 aromatic carbocycles. The predicted molar refractivity (Wildman–Crippen MR) is 73.5 cm³/mol. The first-order chi connectivity index (χ1) is 8.74. The second kappa shape index (κ2) is 4.71. The van der Waals surface area contributed by atoms with Crippen molar-refractivity contribution in [3.05, 3.63) is 30.0 Å². The van der Waals surface area contributed by atoms with E-state index in [1.54, 1.807) is 0 Å². The van der Waals surface area contributed by atoms with Crippen LogP contribution in [0.5, 0.6) is 0 Å². The molecular formula is C14H20N4. The smallest absolute Gasteiger partial charge is 0.0843 e. The third kappa shape index (κ3) is 2.13. The van der Waals surface area contributed by atoms with Gasteiger partial charge in [-0.15, -0.1) is 0 Å². The Morgan fingerprint density at radius 2 is 2.22 bits per heavy atom. The molecule has 1 aliphatic rings. The number of nitrogens with zero attached hydrogens (tertiary/aromatic N) is 3. The Morgan fingerprint density at radius 1 is 1.39 bits per heavy atom. The molecule has 96 valence electrons. The molecule has 1 saturated heterocycles. The summed E-state index contributed by atoms with van der Waals surface area (Å²) in [5, 5.41) is 9.42. The number of para-hydroxylation sites is 1. The van der Waals surface area contributed by atoms with Gasteiger partial charge in [-0.05, 0) is 13.0 Å². The molecule has 4 nitrogen and oxygen atoms in total. The third-order valence-corrected chi connectivity index (χ3v) is 3.66. The van der Waals surface area contributed by atoms with Crippen LogP contribution in [-0.2, 0) is 13.6 Å². The van der Waals surface area contributed by atoms with Crippen LogP contribution >= 0.6 is 0 Å². The Labute approximate surface area is 108 Å². The maximum atomic E-state index is 4.66. The molecule has 1 unspecified atom stereocenters. The highest BCUT2D eigenvalue weighted by atomic mass is 15.3. The highest BCUT2D eigenvalue weighted by Crippen LogP contribution is 2.19. The summed E-state index contributed by atoms with van der Waals surface area (Å²) in [6.07, 6.45) is 0. The molecule has 1 aromatic heterocycles. The average Bonchev–Trinajstić information content (AvgIpc) is 2.67. The van der Waals surface area contributed by atoms with Gasteiger partial charge < -0.3 is 5.32 Å². The fraction of sp³-hybridized carbons (Fsp3) is 0.500. The lowest BCUT2D eigenvalue weighted by molar-refractivity contribution is 0.198. The van der Waals surface area contributed by atoms with Crippen molar-refractivity contribution in [2.45, 2.75) is 19.5 Å². The molecule has 0 aliphatic carbocycles. The molecule has 18 heavy (non-hydrogen) atoms. The second-order valence-corrected chi connectivity index (χ2v) is 5.18. The lowest BCUT2D eigenvalue weighted by atomic mass is 10.2. The molecule has 1 aliphatic heterocycles. The van der Waals surface area contributed by atoms with Gasteiger partial charge in [-0.3, -0.25) is 9.58 Å². The van der Waals surface area contributed by atoms with Crippen LogP contribution in [0.1, 0.15) is 12.6 Å². The number of nitrogens with one attached hydrogen (secondary N) is 1. The Kier molecular flexibility index (Phi) is 3.06. The fourth-order valence-electron chi connectivity index (χ4n) is 2.77. The number of fused-ring (bicyclic) bond motifs is 1. The van der Waals surface area contributed by atoms with Gasteiger partial charge in [0.15, 0.2) is 0 Å². The summed E-state index contributed by atoms with van der Waals surface area (Å²) < 4.78 is 1.98. The molecule has 0 bridgehead atoms. The Morgan fingerprint density at radius 3 is 3.06 bits per heavy atom. The quantitative estimate of drug-likeness (QED) is 0.866. The Balaban J connectivity index is 1.86. The second-order valence-electron chi connectivity index (χ2n) is 5.18. The number of aromatic nitrogens is 2. The molecular weight excluding hydrogens is 224 g/mol. The van der Waals surface area contributed by atoms with E-state index in [-0.39, 0.29) is 0 Å². The van der Waals surface area contributed by atoms with E-state index in [1.165, 1.54) is 16.6 Å². The van der Waals surface area contributed by atoms with Crippen molar-refractivity contribution in [2.75, 3.05) is 19.6 Å². The normalized spacial score (nSPS) is 21.6. The van der Waals surface area contributed by atoms with Crippen molar-refractivity contribution in [1.82, 2.24) is 20.0 Å². The Bertz CT molecular complexity index is 546. The van der Waals surface area contributed by atoms with E-state index >= 15 is 0 Å². The zero-order valence-electron chi connectivity index (χ0n) is 11.1. The summed E-state index contributed by atoms with van der Waals surface area (Å²) in [5.41, 5.74) is 2.41.